The van der Waals surface area contributed by atoms with Crippen LogP contribution in [-0.4, -0.2) is 35.5 Å². The van der Waals surface area contributed by atoms with E-state index in [4.69, 9.17) is 9.47 Å². The molecule has 7 nitrogen and oxygen atoms in total. The summed E-state index contributed by atoms with van der Waals surface area (Å²) in [6, 6.07) is 15.3. The lowest BCUT2D eigenvalue weighted by molar-refractivity contribution is -0.132. The molecule has 1 saturated heterocycles. The van der Waals surface area contributed by atoms with Gasteiger partial charge in [-0.2, -0.15) is 0 Å². The van der Waals surface area contributed by atoms with Crippen molar-refractivity contribution in [2.24, 2.45) is 0 Å². The number of methoxy groups -OCH3 is 1. The van der Waals surface area contributed by atoms with Crippen molar-refractivity contribution >= 4 is 55.5 Å². The van der Waals surface area contributed by atoms with Crippen LogP contribution >= 0.6 is 22.7 Å². The number of carbonyl (C=O) groups is 2. The second-order valence-electron chi connectivity index (χ2n) is 7.89. The van der Waals surface area contributed by atoms with E-state index in [1.807, 2.05) is 36.6 Å². The van der Waals surface area contributed by atoms with Crippen LogP contribution in [0.15, 0.2) is 65.6 Å². The van der Waals surface area contributed by atoms with Crippen LogP contribution < -0.4 is 14.4 Å². The number of aromatic nitrogens is 1. The SMILES string of the molecule is CCCOc1cccc(/C(O)=C2\C(=O)C(=O)N(c3nc4ccc(OC)cc4s3)C2c2cccs2)c1. The smallest absolute Gasteiger partial charge is 0.301 e. The number of amides is 1. The first-order chi connectivity index (χ1) is 17.0. The summed E-state index contributed by atoms with van der Waals surface area (Å²) >= 11 is 2.70. The van der Waals surface area contributed by atoms with Gasteiger partial charge in [0.1, 0.15) is 23.3 Å². The standard InChI is InChI=1S/C26H22N2O5S2/c1-3-11-33-17-7-4-6-15(13-17)23(29)21-22(19-8-5-12-34-19)28(25(31)24(21)30)26-27-18-10-9-16(32-2)14-20(18)35-26/h4-10,12-14,22,29H,3,11H2,1-2H3/b23-21+. The maximum Gasteiger partial charge on any atom is 0.301 e. The Bertz CT molecular complexity index is 1440. The predicted octanol–water partition coefficient (Wildman–Crippen LogP) is 5.78. The lowest BCUT2D eigenvalue weighted by Crippen LogP contribution is -2.28. The van der Waals surface area contributed by atoms with Gasteiger partial charge in [0.25, 0.3) is 5.78 Å². The van der Waals surface area contributed by atoms with Crippen LogP contribution in [0.5, 0.6) is 11.5 Å². The number of rotatable bonds is 7. The summed E-state index contributed by atoms with van der Waals surface area (Å²) in [4.78, 5) is 33.4. The van der Waals surface area contributed by atoms with Gasteiger partial charge in [-0.1, -0.05) is 36.5 Å². The van der Waals surface area contributed by atoms with Crippen molar-refractivity contribution < 1.29 is 24.2 Å². The van der Waals surface area contributed by atoms with Gasteiger partial charge in [0.05, 0.1) is 29.5 Å². The van der Waals surface area contributed by atoms with Crippen LogP contribution in [-0.2, 0) is 9.59 Å². The molecule has 1 atom stereocenters. The third kappa shape index (κ3) is 4.17. The van der Waals surface area contributed by atoms with Crippen molar-refractivity contribution in [2.75, 3.05) is 18.6 Å². The van der Waals surface area contributed by atoms with Gasteiger partial charge in [-0.25, -0.2) is 4.98 Å². The van der Waals surface area contributed by atoms with E-state index >= 15 is 0 Å². The first kappa shape index (κ1) is 23.1. The van der Waals surface area contributed by atoms with E-state index in [0.29, 0.717) is 34.3 Å². The molecule has 5 rings (SSSR count). The average molecular weight is 507 g/mol. The molecule has 1 unspecified atom stereocenters. The molecule has 0 aliphatic carbocycles. The quantitative estimate of drug-likeness (QED) is 0.194. The van der Waals surface area contributed by atoms with Crippen LogP contribution in [0.1, 0.15) is 29.8 Å². The zero-order valence-electron chi connectivity index (χ0n) is 19.1. The molecule has 1 aliphatic heterocycles. The lowest BCUT2D eigenvalue weighted by atomic mass is 10.00. The van der Waals surface area contributed by atoms with Crippen LogP contribution in [0.4, 0.5) is 5.13 Å². The Morgan fingerprint density at radius 1 is 1.11 bits per heavy atom. The topological polar surface area (TPSA) is 89.0 Å². The summed E-state index contributed by atoms with van der Waals surface area (Å²) in [5, 5.41) is 13.6. The number of hydrogen-bond donors (Lipinski definition) is 1. The van der Waals surface area contributed by atoms with E-state index < -0.39 is 17.7 Å². The van der Waals surface area contributed by atoms with Crippen molar-refractivity contribution in [3.05, 3.63) is 76.0 Å². The van der Waals surface area contributed by atoms with Gasteiger partial charge in [-0.05, 0) is 48.2 Å². The molecular formula is C26H22N2O5S2. The molecule has 1 N–H and O–H groups in total. The number of anilines is 1. The van der Waals surface area contributed by atoms with E-state index in [-0.39, 0.29) is 11.3 Å². The molecule has 1 fully saturated rings. The number of aliphatic hydroxyl groups is 1. The number of benzene rings is 2. The number of ketones is 1. The summed E-state index contributed by atoms with van der Waals surface area (Å²) in [6.45, 7) is 2.54. The minimum atomic E-state index is -0.794. The Kier molecular flexibility index (Phi) is 6.27. The summed E-state index contributed by atoms with van der Waals surface area (Å²) in [7, 11) is 1.58. The monoisotopic (exact) mass is 506 g/mol. The van der Waals surface area contributed by atoms with Crippen molar-refractivity contribution in [1.29, 1.82) is 0 Å². The maximum atomic E-state index is 13.3. The zero-order chi connectivity index (χ0) is 24.5. The van der Waals surface area contributed by atoms with Crippen LogP contribution in [0, 0.1) is 0 Å². The third-order valence-corrected chi connectivity index (χ3v) is 7.57. The number of thiazole rings is 1. The normalized spacial score (nSPS) is 17.3. The Balaban J connectivity index is 1.64. The largest absolute Gasteiger partial charge is 0.507 e. The summed E-state index contributed by atoms with van der Waals surface area (Å²) in [6.07, 6.45) is 0.841. The number of aliphatic hydroxyl groups excluding tert-OH is 1. The second-order valence-corrected chi connectivity index (χ2v) is 9.88. The highest BCUT2D eigenvalue weighted by molar-refractivity contribution is 7.22. The van der Waals surface area contributed by atoms with Gasteiger partial charge in [0, 0.05) is 10.4 Å². The minimum Gasteiger partial charge on any atom is -0.507 e. The number of thiophene rings is 1. The van der Waals surface area contributed by atoms with E-state index in [9.17, 15) is 14.7 Å². The molecule has 0 spiro atoms. The number of hydrogen-bond acceptors (Lipinski definition) is 8. The van der Waals surface area contributed by atoms with Gasteiger partial charge < -0.3 is 14.6 Å². The molecule has 2 aromatic carbocycles. The molecule has 9 heteroatoms. The molecule has 2 aromatic heterocycles. The van der Waals surface area contributed by atoms with Crippen molar-refractivity contribution in [2.45, 2.75) is 19.4 Å². The van der Waals surface area contributed by atoms with Gasteiger partial charge >= 0.3 is 5.91 Å². The predicted molar refractivity (Wildman–Crippen MR) is 138 cm³/mol. The van der Waals surface area contributed by atoms with Crippen LogP contribution in [0.3, 0.4) is 0 Å². The highest BCUT2D eigenvalue weighted by Gasteiger charge is 2.48. The molecule has 178 valence electrons. The highest BCUT2D eigenvalue weighted by atomic mass is 32.1. The Hall–Kier alpha value is -3.69. The highest BCUT2D eigenvalue weighted by Crippen LogP contribution is 2.45. The minimum absolute atomic E-state index is 0.0296. The van der Waals surface area contributed by atoms with E-state index in [0.717, 1.165) is 16.0 Å². The van der Waals surface area contributed by atoms with Gasteiger partial charge in [0.2, 0.25) is 0 Å². The van der Waals surface area contributed by atoms with Gasteiger partial charge in [-0.3, -0.25) is 14.5 Å². The van der Waals surface area contributed by atoms with Crippen molar-refractivity contribution in [3.8, 4) is 11.5 Å². The third-order valence-electron chi connectivity index (χ3n) is 5.63. The number of nitrogens with zero attached hydrogens (tertiary/aromatic N) is 2. The fourth-order valence-corrected chi connectivity index (χ4v) is 5.82. The Morgan fingerprint density at radius 3 is 2.71 bits per heavy atom. The Morgan fingerprint density at radius 2 is 1.97 bits per heavy atom. The molecule has 0 saturated carbocycles. The molecule has 4 aromatic rings. The number of fused-ring (bicyclic) bond motifs is 1. The molecule has 1 aliphatic rings. The van der Waals surface area contributed by atoms with Crippen LogP contribution in [0.2, 0.25) is 0 Å². The lowest BCUT2D eigenvalue weighted by Gasteiger charge is -2.21. The van der Waals surface area contributed by atoms with E-state index in [1.54, 1.807) is 37.4 Å². The van der Waals surface area contributed by atoms with E-state index in [2.05, 4.69) is 4.98 Å². The number of Topliss-reactive ketones (excluding diaryl/α,β-unsaturated/α-hetero) is 1. The average Bonchev–Trinajstić information content (AvgIpc) is 3.60. The Labute approximate surface area is 209 Å². The molecule has 3 heterocycles. The fourth-order valence-electron chi connectivity index (χ4n) is 3.98. The molecule has 0 radical (unpaired) electrons. The molecule has 35 heavy (non-hydrogen) atoms. The molecule has 0 bridgehead atoms. The van der Waals surface area contributed by atoms with Crippen LogP contribution in [0.25, 0.3) is 16.0 Å². The first-order valence-corrected chi connectivity index (χ1v) is 12.7. The van der Waals surface area contributed by atoms with Crippen molar-refractivity contribution in [3.63, 3.8) is 0 Å². The zero-order valence-corrected chi connectivity index (χ0v) is 20.7. The summed E-state index contributed by atoms with van der Waals surface area (Å²) in [5.74, 6) is -0.464. The second kappa shape index (κ2) is 9.52. The molecule has 1 amide bonds. The number of ether oxygens (including phenoxy) is 2. The number of carbonyl (C=O) groups excluding carboxylic acids is 2. The van der Waals surface area contributed by atoms with Crippen molar-refractivity contribution in [1.82, 2.24) is 4.98 Å². The molecular weight excluding hydrogens is 484 g/mol. The summed E-state index contributed by atoms with van der Waals surface area (Å²) in [5.41, 5.74) is 1.13. The summed E-state index contributed by atoms with van der Waals surface area (Å²) < 4.78 is 11.8. The van der Waals surface area contributed by atoms with Gasteiger partial charge in [0.15, 0.2) is 5.13 Å². The fraction of sp³-hybridized carbons (Fsp3) is 0.192. The van der Waals surface area contributed by atoms with E-state index in [1.165, 1.54) is 27.6 Å². The van der Waals surface area contributed by atoms with Gasteiger partial charge in [-0.15, -0.1) is 11.3 Å². The first-order valence-electron chi connectivity index (χ1n) is 11.0. The maximum absolute atomic E-state index is 13.3.